The van der Waals surface area contributed by atoms with E-state index in [9.17, 15) is 4.79 Å². The highest BCUT2D eigenvalue weighted by Crippen LogP contribution is 2.38. The molecule has 2 aromatic carbocycles. The molecule has 1 heterocycles. The topological polar surface area (TPSA) is 41.1 Å². The zero-order valence-corrected chi connectivity index (χ0v) is 14.4. The second-order valence-electron chi connectivity index (χ2n) is 6.71. The first kappa shape index (κ1) is 17.0. The van der Waals surface area contributed by atoms with Gasteiger partial charge in [0.05, 0.1) is 11.6 Å². The summed E-state index contributed by atoms with van der Waals surface area (Å²) < 4.78 is 0. The Bertz CT molecular complexity index is 686. The fourth-order valence-corrected chi connectivity index (χ4v) is 3.97. The monoisotopic (exact) mass is 342 g/mol. The van der Waals surface area contributed by atoms with Crippen molar-refractivity contribution in [2.45, 2.75) is 37.3 Å². The van der Waals surface area contributed by atoms with Gasteiger partial charge in [-0.1, -0.05) is 54.6 Å². The average molecular weight is 343 g/mol. The van der Waals surface area contributed by atoms with Crippen molar-refractivity contribution in [1.82, 2.24) is 10.6 Å². The van der Waals surface area contributed by atoms with Crippen LogP contribution in [0.2, 0.25) is 0 Å². The number of amides is 1. The van der Waals surface area contributed by atoms with E-state index in [1.165, 1.54) is 16.7 Å². The maximum Gasteiger partial charge on any atom is 0.237 e. The third-order valence-electron chi connectivity index (χ3n) is 5.17. The molecule has 1 aliphatic carbocycles. The quantitative estimate of drug-likeness (QED) is 0.900. The van der Waals surface area contributed by atoms with Crippen LogP contribution in [0.4, 0.5) is 0 Å². The van der Waals surface area contributed by atoms with Gasteiger partial charge in [0.2, 0.25) is 5.91 Å². The van der Waals surface area contributed by atoms with Crippen molar-refractivity contribution in [2.24, 2.45) is 0 Å². The molecule has 3 nitrogen and oxygen atoms in total. The van der Waals surface area contributed by atoms with Crippen LogP contribution in [-0.2, 0) is 23.2 Å². The van der Waals surface area contributed by atoms with E-state index in [0.717, 1.165) is 32.2 Å². The number of carbonyl (C=O) groups is 1. The van der Waals surface area contributed by atoms with Gasteiger partial charge >= 0.3 is 0 Å². The number of fused-ring (bicyclic) bond motifs is 1. The van der Waals surface area contributed by atoms with Gasteiger partial charge in [-0.3, -0.25) is 4.79 Å². The predicted molar refractivity (Wildman–Crippen MR) is 98.4 cm³/mol. The van der Waals surface area contributed by atoms with Gasteiger partial charge in [-0.25, -0.2) is 0 Å². The smallest absolute Gasteiger partial charge is 0.237 e. The molecule has 24 heavy (non-hydrogen) atoms. The van der Waals surface area contributed by atoms with Crippen molar-refractivity contribution in [3.8, 4) is 0 Å². The van der Waals surface area contributed by atoms with Crippen LogP contribution in [0.5, 0.6) is 0 Å². The van der Waals surface area contributed by atoms with Crippen LogP contribution < -0.4 is 10.6 Å². The maximum atomic E-state index is 12.8. The lowest BCUT2D eigenvalue weighted by atomic mass is 9.86. The standard InChI is InChI=1S/C20H22N2O.ClH/c23-19(18-11-6-12-21-18)22-20(17-9-2-1-3-10-17)13-15-7-4-5-8-16(15)14-20;/h1-5,7-10,18,21H,6,11-14H2,(H,22,23);1H/t18-;/m0./s1. The molecule has 2 aromatic rings. The van der Waals surface area contributed by atoms with Crippen LogP contribution in [0.3, 0.4) is 0 Å². The highest BCUT2D eigenvalue weighted by atomic mass is 35.5. The molecule has 1 amide bonds. The first-order valence-corrected chi connectivity index (χ1v) is 8.45. The van der Waals surface area contributed by atoms with Gasteiger partial charge in [-0.2, -0.15) is 0 Å². The minimum Gasteiger partial charge on any atom is -0.345 e. The Balaban J connectivity index is 0.00000169. The van der Waals surface area contributed by atoms with E-state index in [2.05, 4.69) is 59.2 Å². The zero-order valence-electron chi connectivity index (χ0n) is 13.6. The summed E-state index contributed by atoms with van der Waals surface area (Å²) >= 11 is 0. The van der Waals surface area contributed by atoms with E-state index in [-0.39, 0.29) is 29.9 Å². The molecule has 2 N–H and O–H groups in total. The molecule has 126 valence electrons. The second kappa shape index (κ2) is 6.96. The number of benzene rings is 2. The van der Waals surface area contributed by atoms with Crippen LogP contribution in [-0.4, -0.2) is 18.5 Å². The molecule has 4 heteroatoms. The zero-order chi connectivity index (χ0) is 15.7. The van der Waals surface area contributed by atoms with Crippen molar-refractivity contribution in [2.75, 3.05) is 6.54 Å². The first-order chi connectivity index (χ1) is 11.3. The molecule has 1 atom stereocenters. The van der Waals surface area contributed by atoms with Gasteiger partial charge in [0, 0.05) is 12.8 Å². The summed E-state index contributed by atoms with van der Waals surface area (Å²) in [5.41, 5.74) is 3.57. The Labute approximate surface area is 149 Å². The van der Waals surface area contributed by atoms with Crippen molar-refractivity contribution in [3.05, 3.63) is 71.3 Å². The van der Waals surface area contributed by atoms with Gasteiger partial charge in [0.15, 0.2) is 0 Å². The number of hydrogen-bond acceptors (Lipinski definition) is 2. The van der Waals surface area contributed by atoms with Gasteiger partial charge in [0.25, 0.3) is 0 Å². The van der Waals surface area contributed by atoms with E-state index in [0.29, 0.717) is 0 Å². The summed E-state index contributed by atoms with van der Waals surface area (Å²) in [6, 6.07) is 18.9. The fourth-order valence-electron chi connectivity index (χ4n) is 3.97. The van der Waals surface area contributed by atoms with Gasteiger partial charge in [-0.15, -0.1) is 12.4 Å². The second-order valence-corrected chi connectivity index (χ2v) is 6.71. The van der Waals surface area contributed by atoms with Gasteiger partial charge in [0.1, 0.15) is 0 Å². The lowest BCUT2D eigenvalue weighted by Crippen LogP contribution is -2.52. The van der Waals surface area contributed by atoms with Crippen LogP contribution in [0, 0.1) is 0 Å². The lowest BCUT2D eigenvalue weighted by Gasteiger charge is -2.32. The van der Waals surface area contributed by atoms with E-state index in [1.807, 2.05) is 6.07 Å². The molecule has 1 aliphatic heterocycles. The molecular weight excluding hydrogens is 320 g/mol. The summed E-state index contributed by atoms with van der Waals surface area (Å²) in [4.78, 5) is 12.8. The van der Waals surface area contributed by atoms with Gasteiger partial charge in [-0.05, 0) is 36.1 Å². The fraction of sp³-hybridized carbons (Fsp3) is 0.350. The third-order valence-corrected chi connectivity index (χ3v) is 5.17. The summed E-state index contributed by atoms with van der Waals surface area (Å²) in [5.74, 6) is 0.138. The van der Waals surface area contributed by atoms with Crippen LogP contribution >= 0.6 is 12.4 Å². The molecule has 0 aromatic heterocycles. The van der Waals surface area contributed by atoms with Crippen molar-refractivity contribution in [1.29, 1.82) is 0 Å². The molecule has 2 aliphatic rings. The minimum atomic E-state index is -0.313. The summed E-state index contributed by atoms with van der Waals surface area (Å²) in [6.07, 6.45) is 3.75. The number of rotatable bonds is 3. The molecule has 1 fully saturated rings. The van der Waals surface area contributed by atoms with Crippen LogP contribution in [0.25, 0.3) is 0 Å². The molecule has 0 saturated carbocycles. The highest BCUT2D eigenvalue weighted by Gasteiger charge is 2.41. The molecule has 0 radical (unpaired) electrons. The Morgan fingerprint density at radius 1 is 1.00 bits per heavy atom. The van der Waals surface area contributed by atoms with Crippen LogP contribution in [0.15, 0.2) is 54.6 Å². The van der Waals surface area contributed by atoms with Crippen molar-refractivity contribution in [3.63, 3.8) is 0 Å². The molecule has 1 saturated heterocycles. The van der Waals surface area contributed by atoms with E-state index in [4.69, 9.17) is 0 Å². The lowest BCUT2D eigenvalue weighted by molar-refractivity contribution is -0.124. The highest BCUT2D eigenvalue weighted by molar-refractivity contribution is 5.85. The number of carbonyl (C=O) groups excluding carboxylic acids is 1. The van der Waals surface area contributed by atoms with Crippen molar-refractivity contribution < 1.29 is 4.79 Å². The van der Waals surface area contributed by atoms with E-state index < -0.39 is 0 Å². The summed E-state index contributed by atoms with van der Waals surface area (Å²) in [5, 5.41) is 6.70. The normalized spacial score (nSPS) is 20.9. The van der Waals surface area contributed by atoms with E-state index >= 15 is 0 Å². The molecule has 4 rings (SSSR count). The SMILES string of the molecule is Cl.O=C(NC1(c2ccccc2)Cc2ccccc2C1)[C@@H]1CCCN1. The number of nitrogens with one attached hydrogen (secondary N) is 2. The summed E-state index contributed by atoms with van der Waals surface area (Å²) in [7, 11) is 0. The Morgan fingerprint density at radius 2 is 1.62 bits per heavy atom. The van der Waals surface area contributed by atoms with E-state index in [1.54, 1.807) is 0 Å². The molecule has 0 spiro atoms. The Kier molecular flexibility index (Phi) is 4.93. The molecule has 0 bridgehead atoms. The van der Waals surface area contributed by atoms with Crippen LogP contribution in [0.1, 0.15) is 29.5 Å². The third kappa shape index (κ3) is 3.06. The van der Waals surface area contributed by atoms with Gasteiger partial charge < -0.3 is 10.6 Å². The molecule has 0 unspecified atom stereocenters. The Morgan fingerprint density at radius 3 is 2.21 bits per heavy atom. The average Bonchev–Trinajstić information content (AvgIpc) is 3.23. The first-order valence-electron chi connectivity index (χ1n) is 8.45. The largest absolute Gasteiger partial charge is 0.345 e. The summed E-state index contributed by atoms with van der Waals surface area (Å²) in [6.45, 7) is 0.941. The number of halogens is 1. The Hall–Kier alpha value is -1.84. The van der Waals surface area contributed by atoms with Crippen molar-refractivity contribution >= 4 is 18.3 Å². The number of hydrogen-bond donors (Lipinski definition) is 2. The predicted octanol–water partition coefficient (Wildman–Crippen LogP) is 2.97. The maximum absolute atomic E-state index is 12.8. The minimum absolute atomic E-state index is 0. The molecular formula is C20H23ClN2O.